The number of hydrogen-bond acceptors (Lipinski definition) is 10. The Labute approximate surface area is 303 Å². The van der Waals surface area contributed by atoms with Crippen molar-refractivity contribution in [3.05, 3.63) is 114 Å². The summed E-state index contributed by atoms with van der Waals surface area (Å²) in [6, 6.07) is 22.0. The van der Waals surface area contributed by atoms with Gasteiger partial charge in [0.15, 0.2) is 0 Å². The van der Waals surface area contributed by atoms with Crippen LogP contribution in [0, 0.1) is 0 Å². The molecular formula is C39H47N5O8. The molecule has 1 atom stereocenters. The predicted molar refractivity (Wildman–Crippen MR) is 198 cm³/mol. The molecule has 1 heterocycles. The van der Waals surface area contributed by atoms with Crippen molar-refractivity contribution in [2.24, 2.45) is 0 Å². The highest BCUT2D eigenvalue weighted by molar-refractivity contribution is 6.05. The van der Waals surface area contributed by atoms with E-state index in [9.17, 15) is 24.6 Å². The molecule has 0 aliphatic heterocycles. The van der Waals surface area contributed by atoms with Crippen LogP contribution in [-0.2, 0) is 32.2 Å². The lowest BCUT2D eigenvalue weighted by atomic mass is 10.1. The zero-order valence-electron chi connectivity index (χ0n) is 29.3. The van der Waals surface area contributed by atoms with Crippen molar-refractivity contribution in [1.82, 2.24) is 10.3 Å². The van der Waals surface area contributed by atoms with E-state index in [0.29, 0.717) is 66.7 Å². The number of aromatic hydroxyl groups is 1. The summed E-state index contributed by atoms with van der Waals surface area (Å²) in [5, 5.41) is 32.1. The first-order valence-corrected chi connectivity index (χ1v) is 17.2. The number of nitrogens with zero attached hydrogens (tertiary/aromatic N) is 1. The number of ether oxygens (including phenoxy) is 3. The lowest BCUT2D eigenvalue weighted by Gasteiger charge is -2.14. The minimum atomic E-state index is -0.744. The van der Waals surface area contributed by atoms with Gasteiger partial charge in [-0.25, -0.2) is 4.79 Å². The van der Waals surface area contributed by atoms with E-state index < -0.39 is 18.1 Å². The van der Waals surface area contributed by atoms with Gasteiger partial charge in [0.2, 0.25) is 0 Å². The third kappa shape index (κ3) is 14.5. The molecule has 4 rings (SSSR count). The number of aromatic nitrogens is 1. The van der Waals surface area contributed by atoms with E-state index >= 15 is 0 Å². The zero-order chi connectivity index (χ0) is 37.0. The van der Waals surface area contributed by atoms with E-state index in [-0.39, 0.29) is 18.3 Å². The van der Waals surface area contributed by atoms with Crippen LogP contribution in [0.3, 0.4) is 0 Å². The van der Waals surface area contributed by atoms with Crippen LogP contribution in [0.5, 0.6) is 5.75 Å². The molecule has 0 unspecified atom stereocenters. The number of hydrogen-bond donors (Lipinski definition) is 6. The number of unbranched alkanes of at least 4 members (excludes halogenated alkanes) is 2. The molecule has 276 valence electrons. The van der Waals surface area contributed by atoms with Gasteiger partial charge in [-0.3, -0.25) is 14.6 Å². The molecule has 0 saturated carbocycles. The molecule has 0 aliphatic carbocycles. The maximum atomic E-state index is 12.7. The number of amides is 3. The van der Waals surface area contributed by atoms with Gasteiger partial charge in [-0.15, -0.1) is 0 Å². The van der Waals surface area contributed by atoms with Crippen LogP contribution in [0.4, 0.5) is 21.9 Å². The number of pyridine rings is 1. The number of phenolic OH excluding ortho intramolecular Hbond substituents is 1. The summed E-state index contributed by atoms with van der Waals surface area (Å²) in [7, 11) is 0. The number of rotatable bonds is 21. The summed E-state index contributed by atoms with van der Waals surface area (Å²) in [5.41, 5.74) is 4.13. The minimum Gasteiger partial charge on any atom is -0.508 e. The quantitative estimate of drug-likeness (QED) is 0.0432. The number of esters is 1. The second kappa shape index (κ2) is 21.8. The van der Waals surface area contributed by atoms with Crippen molar-refractivity contribution >= 4 is 35.0 Å². The Kier molecular flexibility index (Phi) is 16.5. The molecule has 3 aromatic carbocycles. The first-order chi connectivity index (χ1) is 25.3. The van der Waals surface area contributed by atoms with Gasteiger partial charge in [0.05, 0.1) is 18.3 Å². The fourth-order valence-electron chi connectivity index (χ4n) is 5.06. The van der Waals surface area contributed by atoms with Crippen LogP contribution in [-0.4, -0.2) is 66.0 Å². The Hall–Kier alpha value is -5.34. The first kappa shape index (κ1) is 39.4. The number of carbonyl (C=O) groups excluding carboxylic acids is 3. The number of urea groups is 1. The molecule has 3 amide bonds. The van der Waals surface area contributed by atoms with Crippen molar-refractivity contribution in [2.75, 3.05) is 48.9 Å². The molecule has 4 aromatic rings. The SMILES string of the molecule is CC(=O)OCc1cc([C@@H](O)CNCCCCCOCCCOCc2cccc(NC(=O)Nc3cccc(NC(=O)c4cccnc4)c3)c2)ccc1O. The molecule has 1 aromatic heterocycles. The Bertz CT molecular complexity index is 1720. The normalized spacial score (nSPS) is 11.4. The van der Waals surface area contributed by atoms with Crippen molar-refractivity contribution < 1.29 is 38.8 Å². The van der Waals surface area contributed by atoms with E-state index in [0.717, 1.165) is 37.8 Å². The highest BCUT2D eigenvalue weighted by Crippen LogP contribution is 2.23. The van der Waals surface area contributed by atoms with Crippen molar-refractivity contribution in [2.45, 2.75) is 51.9 Å². The van der Waals surface area contributed by atoms with Gasteiger partial charge in [0.25, 0.3) is 5.91 Å². The summed E-state index contributed by atoms with van der Waals surface area (Å²) in [4.78, 5) is 40.1. The van der Waals surface area contributed by atoms with E-state index in [2.05, 4.69) is 26.3 Å². The fourth-order valence-corrected chi connectivity index (χ4v) is 5.06. The molecule has 52 heavy (non-hydrogen) atoms. The second-order valence-corrected chi connectivity index (χ2v) is 12.0. The third-order valence-electron chi connectivity index (χ3n) is 7.73. The Morgan fingerprint density at radius 1 is 0.769 bits per heavy atom. The lowest BCUT2D eigenvalue weighted by Crippen LogP contribution is -2.22. The van der Waals surface area contributed by atoms with Crippen LogP contribution >= 0.6 is 0 Å². The van der Waals surface area contributed by atoms with Gasteiger partial charge in [-0.1, -0.05) is 24.3 Å². The monoisotopic (exact) mass is 713 g/mol. The van der Waals surface area contributed by atoms with Crippen molar-refractivity contribution in [1.29, 1.82) is 0 Å². The van der Waals surface area contributed by atoms with Gasteiger partial charge in [0.1, 0.15) is 12.4 Å². The molecule has 0 saturated heterocycles. The largest absolute Gasteiger partial charge is 0.508 e. The molecule has 0 aliphatic rings. The van der Waals surface area contributed by atoms with Gasteiger partial charge >= 0.3 is 12.0 Å². The zero-order valence-corrected chi connectivity index (χ0v) is 29.3. The average molecular weight is 714 g/mol. The summed E-state index contributed by atoms with van der Waals surface area (Å²) >= 11 is 0. The molecule has 13 heteroatoms. The predicted octanol–water partition coefficient (Wildman–Crippen LogP) is 6.16. The third-order valence-corrected chi connectivity index (χ3v) is 7.73. The average Bonchev–Trinajstić information content (AvgIpc) is 3.13. The number of nitrogens with one attached hydrogen (secondary N) is 4. The standard InChI is InChI=1S/C39H47N5O8/c1-28(45)52-27-32-22-30(14-15-36(32)46)37(47)25-41-16-3-2-4-18-50-19-8-20-51-26-29-9-5-11-33(21-29)43-39(49)44-35-13-6-12-34(23-35)42-38(48)31-10-7-17-40-24-31/h5-7,9-15,17,21-24,37,41,46-47H,2-4,8,16,18-20,25-27H2,1H3,(H,42,48)(H2,43,44,49)/t37-/m0/s1. The van der Waals surface area contributed by atoms with E-state index in [1.807, 2.05) is 18.2 Å². The van der Waals surface area contributed by atoms with Crippen LogP contribution in [0.2, 0.25) is 0 Å². The summed E-state index contributed by atoms with van der Waals surface area (Å²) < 4.78 is 16.5. The van der Waals surface area contributed by atoms with Crippen molar-refractivity contribution in [3.63, 3.8) is 0 Å². The molecule has 0 bridgehead atoms. The molecule has 0 fully saturated rings. The van der Waals surface area contributed by atoms with Crippen LogP contribution in [0.15, 0.2) is 91.3 Å². The number of benzene rings is 3. The Morgan fingerprint density at radius 3 is 2.27 bits per heavy atom. The number of carbonyl (C=O) groups is 3. The number of aliphatic hydroxyl groups is 1. The summed E-state index contributed by atoms with van der Waals surface area (Å²) in [6.07, 6.45) is 5.97. The first-order valence-electron chi connectivity index (χ1n) is 17.2. The lowest BCUT2D eigenvalue weighted by molar-refractivity contribution is -0.142. The number of phenols is 1. The van der Waals surface area contributed by atoms with E-state index in [1.54, 1.807) is 60.8 Å². The minimum absolute atomic E-state index is 0.0204. The number of aliphatic hydroxyl groups excluding tert-OH is 1. The van der Waals surface area contributed by atoms with Gasteiger partial charge < -0.3 is 45.7 Å². The molecule has 0 radical (unpaired) electrons. The highest BCUT2D eigenvalue weighted by Gasteiger charge is 2.12. The van der Waals surface area contributed by atoms with Crippen molar-refractivity contribution in [3.8, 4) is 5.75 Å². The van der Waals surface area contributed by atoms with Crippen LogP contribution in [0.1, 0.15) is 65.8 Å². The molecular weight excluding hydrogens is 666 g/mol. The fraction of sp³-hybridized carbons (Fsp3) is 0.333. The maximum absolute atomic E-state index is 12.7. The Morgan fingerprint density at radius 2 is 1.50 bits per heavy atom. The maximum Gasteiger partial charge on any atom is 0.323 e. The van der Waals surface area contributed by atoms with Gasteiger partial charge in [-0.05, 0) is 98.0 Å². The van der Waals surface area contributed by atoms with E-state index in [1.165, 1.54) is 19.2 Å². The number of anilines is 3. The topological polar surface area (TPSA) is 180 Å². The molecule has 6 N–H and O–H groups in total. The van der Waals surface area contributed by atoms with Gasteiger partial charge in [0, 0.05) is 68.3 Å². The molecule has 13 nitrogen and oxygen atoms in total. The summed E-state index contributed by atoms with van der Waals surface area (Å²) in [6.45, 7) is 4.61. The summed E-state index contributed by atoms with van der Waals surface area (Å²) in [5.74, 6) is -0.710. The van der Waals surface area contributed by atoms with E-state index in [4.69, 9.17) is 14.2 Å². The van der Waals surface area contributed by atoms with Crippen LogP contribution in [0.25, 0.3) is 0 Å². The van der Waals surface area contributed by atoms with Crippen LogP contribution < -0.4 is 21.3 Å². The van der Waals surface area contributed by atoms with Gasteiger partial charge in [-0.2, -0.15) is 0 Å². The Balaban J connectivity index is 1.01. The highest BCUT2D eigenvalue weighted by atomic mass is 16.5. The second-order valence-electron chi connectivity index (χ2n) is 12.0. The smallest absolute Gasteiger partial charge is 0.323 e. The molecule has 0 spiro atoms.